The molecular weight excluding hydrogens is 311 g/mol. The highest BCUT2D eigenvalue weighted by molar-refractivity contribution is 7.98. The third-order valence-corrected chi connectivity index (χ3v) is 4.41. The van der Waals surface area contributed by atoms with Crippen LogP contribution in [0.2, 0.25) is 10.0 Å². The van der Waals surface area contributed by atoms with E-state index in [9.17, 15) is 0 Å². The molecule has 1 aromatic heterocycles. The first kappa shape index (κ1) is 15.5. The van der Waals surface area contributed by atoms with Crippen LogP contribution in [0.4, 0.5) is 5.82 Å². The van der Waals surface area contributed by atoms with E-state index >= 15 is 0 Å². The smallest absolute Gasteiger partial charge is 0.146 e. The second-order valence-electron chi connectivity index (χ2n) is 4.31. The average Bonchev–Trinajstić information content (AvgIpc) is 2.46. The van der Waals surface area contributed by atoms with Crippen molar-refractivity contribution in [1.29, 1.82) is 0 Å². The number of hydrogen-bond donors (Lipinski definition) is 1. The Balaban J connectivity index is 2.10. The fourth-order valence-corrected chi connectivity index (χ4v) is 3.08. The van der Waals surface area contributed by atoms with Crippen LogP contribution in [0, 0.1) is 0 Å². The Bertz CT molecular complexity index is 561. The zero-order chi connectivity index (χ0) is 14.4. The molecule has 1 N–H and O–H groups in total. The Labute approximate surface area is 133 Å². The van der Waals surface area contributed by atoms with Gasteiger partial charge in [0.2, 0.25) is 0 Å². The minimum absolute atomic E-state index is 0.563. The molecule has 0 atom stereocenters. The van der Waals surface area contributed by atoms with Crippen molar-refractivity contribution in [2.45, 2.75) is 24.1 Å². The lowest BCUT2D eigenvalue weighted by atomic mass is 10.2. The quantitative estimate of drug-likeness (QED) is 0.709. The molecule has 2 aromatic rings. The summed E-state index contributed by atoms with van der Waals surface area (Å²) in [7, 11) is 0. The number of thioether (sulfide) groups is 1. The summed E-state index contributed by atoms with van der Waals surface area (Å²) in [5, 5.41) is 5.18. The fraction of sp³-hybridized carbons (Fsp3) is 0.267. The number of rotatable bonds is 6. The van der Waals surface area contributed by atoms with Gasteiger partial charge < -0.3 is 5.32 Å². The lowest BCUT2D eigenvalue weighted by molar-refractivity contribution is 0.960. The number of aromatic nitrogens is 1. The minimum atomic E-state index is 0.563. The predicted octanol–water partition coefficient (Wildman–Crippen LogP) is 5.50. The van der Waals surface area contributed by atoms with Crippen LogP contribution in [-0.4, -0.2) is 11.5 Å². The van der Waals surface area contributed by atoms with E-state index in [1.807, 2.05) is 18.2 Å². The van der Waals surface area contributed by atoms with Gasteiger partial charge in [0, 0.05) is 12.3 Å². The topological polar surface area (TPSA) is 24.9 Å². The van der Waals surface area contributed by atoms with Gasteiger partial charge in [-0.2, -0.15) is 0 Å². The van der Waals surface area contributed by atoms with Gasteiger partial charge in [-0.25, -0.2) is 4.98 Å². The zero-order valence-corrected chi connectivity index (χ0v) is 13.5. The Hall–Kier alpha value is -0.900. The van der Waals surface area contributed by atoms with Crippen LogP contribution in [0.5, 0.6) is 0 Å². The van der Waals surface area contributed by atoms with E-state index < -0.39 is 0 Å². The van der Waals surface area contributed by atoms with Gasteiger partial charge in [-0.15, -0.1) is 11.8 Å². The van der Waals surface area contributed by atoms with Gasteiger partial charge in [-0.3, -0.25) is 0 Å². The standard InChI is InChI=1S/C15H16Cl2N2S/c1-2-8-18-14-12(16)9-13(17)15(19-14)20-10-11-6-4-3-5-7-11/h3-7,9H,2,8,10H2,1H3,(H,18,19). The molecule has 1 heterocycles. The van der Waals surface area contributed by atoms with Crippen molar-refractivity contribution in [2.75, 3.05) is 11.9 Å². The molecule has 2 rings (SSSR count). The van der Waals surface area contributed by atoms with Gasteiger partial charge >= 0.3 is 0 Å². The SMILES string of the molecule is CCCNc1nc(SCc2ccccc2)c(Cl)cc1Cl. The maximum atomic E-state index is 6.21. The normalized spacial score (nSPS) is 10.6. The molecule has 0 spiro atoms. The molecule has 0 radical (unpaired) electrons. The third-order valence-electron chi connectivity index (χ3n) is 2.66. The molecule has 0 aliphatic rings. The number of halogens is 2. The van der Waals surface area contributed by atoms with Gasteiger partial charge in [0.05, 0.1) is 10.0 Å². The maximum Gasteiger partial charge on any atom is 0.146 e. The first-order chi connectivity index (χ1) is 9.70. The van der Waals surface area contributed by atoms with Gasteiger partial charge in [0.1, 0.15) is 10.8 Å². The van der Waals surface area contributed by atoms with Crippen molar-refractivity contribution in [2.24, 2.45) is 0 Å². The van der Waals surface area contributed by atoms with Crippen molar-refractivity contribution < 1.29 is 0 Å². The molecule has 0 aliphatic carbocycles. The summed E-state index contributed by atoms with van der Waals surface area (Å²) < 4.78 is 0. The number of benzene rings is 1. The van der Waals surface area contributed by atoms with Gasteiger partial charge in [0.15, 0.2) is 0 Å². The van der Waals surface area contributed by atoms with Crippen molar-refractivity contribution in [1.82, 2.24) is 4.98 Å². The minimum Gasteiger partial charge on any atom is -0.369 e. The van der Waals surface area contributed by atoms with E-state index in [0.717, 1.165) is 23.7 Å². The van der Waals surface area contributed by atoms with Crippen molar-refractivity contribution >= 4 is 40.8 Å². The molecule has 20 heavy (non-hydrogen) atoms. The van der Waals surface area contributed by atoms with Crippen LogP contribution < -0.4 is 5.32 Å². The predicted molar refractivity (Wildman–Crippen MR) is 89.0 cm³/mol. The number of nitrogens with zero attached hydrogens (tertiary/aromatic N) is 1. The monoisotopic (exact) mass is 326 g/mol. The molecule has 0 aliphatic heterocycles. The van der Waals surface area contributed by atoms with E-state index in [-0.39, 0.29) is 0 Å². The van der Waals surface area contributed by atoms with E-state index in [0.29, 0.717) is 15.9 Å². The molecule has 0 amide bonds. The van der Waals surface area contributed by atoms with Gasteiger partial charge in [-0.1, -0.05) is 60.5 Å². The van der Waals surface area contributed by atoms with Crippen LogP contribution in [0.15, 0.2) is 41.4 Å². The van der Waals surface area contributed by atoms with E-state index in [4.69, 9.17) is 23.2 Å². The lowest BCUT2D eigenvalue weighted by Crippen LogP contribution is -2.03. The summed E-state index contributed by atoms with van der Waals surface area (Å²) in [6, 6.07) is 12.0. The molecule has 0 saturated heterocycles. The molecule has 0 fully saturated rings. The van der Waals surface area contributed by atoms with Crippen LogP contribution in [0.25, 0.3) is 0 Å². The summed E-state index contributed by atoms with van der Waals surface area (Å²) in [4.78, 5) is 4.51. The van der Waals surface area contributed by atoms with Crippen molar-refractivity contribution in [3.05, 3.63) is 52.0 Å². The number of pyridine rings is 1. The van der Waals surface area contributed by atoms with E-state index in [1.54, 1.807) is 17.8 Å². The van der Waals surface area contributed by atoms with Crippen LogP contribution in [-0.2, 0) is 5.75 Å². The molecule has 106 valence electrons. The molecule has 0 bridgehead atoms. The lowest BCUT2D eigenvalue weighted by Gasteiger charge is -2.10. The van der Waals surface area contributed by atoms with E-state index in [1.165, 1.54) is 5.56 Å². The van der Waals surface area contributed by atoms with Crippen LogP contribution in [0.3, 0.4) is 0 Å². The highest BCUT2D eigenvalue weighted by atomic mass is 35.5. The first-order valence-electron chi connectivity index (χ1n) is 6.47. The van der Waals surface area contributed by atoms with E-state index in [2.05, 4.69) is 29.4 Å². The average molecular weight is 327 g/mol. The molecule has 0 saturated carbocycles. The zero-order valence-electron chi connectivity index (χ0n) is 11.2. The third kappa shape index (κ3) is 4.30. The Morgan fingerprint density at radius 2 is 1.90 bits per heavy atom. The Morgan fingerprint density at radius 3 is 2.60 bits per heavy atom. The Kier molecular flexibility index (Phi) is 6.02. The maximum absolute atomic E-state index is 6.21. The molecule has 2 nitrogen and oxygen atoms in total. The molecule has 5 heteroatoms. The summed E-state index contributed by atoms with van der Waals surface area (Å²) in [6.07, 6.45) is 1.02. The number of hydrogen-bond acceptors (Lipinski definition) is 3. The number of nitrogens with one attached hydrogen (secondary N) is 1. The molecule has 1 aromatic carbocycles. The van der Waals surface area contributed by atoms with Crippen LogP contribution >= 0.6 is 35.0 Å². The first-order valence-corrected chi connectivity index (χ1v) is 8.21. The van der Waals surface area contributed by atoms with Gasteiger partial charge in [-0.05, 0) is 18.1 Å². The van der Waals surface area contributed by atoms with Gasteiger partial charge in [0.25, 0.3) is 0 Å². The van der Waals surface area contributed by atoms with Crippen molar-refractivity contribution in [3.8, 4) is 0 Å². The number of anilines is 1. The second kappa shape index (κ2) is 7.77. The fourth-order valence-electron chi connectivity index (χ4n) is 1.64. The second-order valence-corrected chi connectivity index (χ2v) is 6.09. The Morgan fingerprint density at radius 1 is 1.15 bits per heavy atom. The summed E-state index contributed by atoms with van der Waals surface area (Å²) in [6.45, 7) is 2.94. The summed E-state index contributed by atoms with van der Waals surface area (Å²) >= 11 is 14.0. The highest BCUT2D eigenvalue weighted by Gasteiger charge is 2.09. The molecule has 0 unspecified atom stereocenters. The summed E-state index contributed by atoms with van der Waals surface area (Å²) in [5.41, 5.74) is 1.24. The van der Waals surface area contributed by atoms with Crippen LogP contribution in [0.1, 0.15) is 18.9 Å². The highest BCUT2D eigenvalue weighted by Crippen LogP contribution is 2.33. The largest absolute Gasteiger partial charge is 0.369 e. The molecular formula is C15H16Cl2N2S. The summed E-state index contributed by atoms with van der Waals surface area (Å²) in [5.74, 6) is 1.54. The van der Waals surface area contributed by atoms with Crippen molar-refractivity contribution in [3.63, 3.8) is 0 Å².